The van der Waals surface area contributed by atoms with Gasteiger partial charge >= 0.3 is 5.97 Å². The molecule has 0 bridgehead atoms. The Morgan fingerprint density at radius 2 is 1.80 bits per heavy atom. The Kier molecular flexibility index (Phi) is 7.88. The lowest BCUT2D eigenvalue weighted by atomic mass is 9.97. The number of ether oxygens (including phenoxy) is 2. The molecule has 0 spiro atoms. The second kappa shape index (κ2) is 9.48. The summed E-state index contributed by atoms with van der Waals surface area (Å²) in [7, 11) is 0. The van der Waals surface area contributed by atoms with Crippen molar-refractivity contribution in [3.05, 3.63) is 35.9 Å². The lowest BCUT2D eigenvalue weighted by Gasteiger charge is -2.17. The minimum atomic E-state index is -0.215. The molecule has 1 aromatic rings. The molecule has 3 nitrogen and oxygen atoms in total. The van der Waals surface area contributed by atoms with Crippen molar-refractivity contribution in [1.82, 2.24) is 0 Å². The fourth-order valence-corrected chi connectivity index (χ4v) is 2.29. The van der Waals surface area contributed by atoms with Gasteiger partial charge in [-0.2, -0.15) is 0 Å². The van der Waals surface area contributed by atoms with Gasteiger partial charge in [0.15, 0.2) is 5.05 Å². The van der Waals surface area contributed by atoms with Gasteiger partial charge in [-0.25, -0.2) is 0 Å². The van der Waals surface area contributed by atoms with Gasteiger partial charge in [0.1, 0.15) is 0 Å². The molecular formula is C16H22O3S. The van der Waals surface area contributed by atoms with Crippen LogP contribution in [0, 0.1) is 5.92 Å². The molecule has 1 aromatic carbocycles. The summed E-state index contributed by atoms with van der Waals surface area (Å²) in [5.41, 5.74) is 1.24. The van der Waals surface area contributed by atoms with Gasteiger partial charge in [-0.05, 0) is 44.5 Å². The molecule has 0 aliphatic rings. The number of rotatable bonds is 8. The zero-order valence-corrected chi connectivity index (χ0v) is 12.9. The van der Waals surface area contributed by atoms with Crippen LogP contribution in [0.3, 0.4) is 0 Å². The number of hydrogen-bond donors (Lipinski definition) is 0. The highest BCUT2D eigenvalue weighted by Gasteiger charge is 2.20. The number of esters is 1. The molecule has 110 valence electrons. The van der Waals surface area contributed by atoms with Crippen LogP contribution in [0.4, 0.5) is 0 Å². The Balaban J connectivity index is 2.57. The van der Waals surface area contributed by atoms with Crippen LogP contribution in [0.1, 0.15) is 32.3 Å². The Labute approximate surface area is 126 Å². The third kappa shape index (κ3) is 6.15. The number of aryl methyl sites for hydroxylation is 1. The minimum absolute atomic E-state index is 0.0655. The van der Waals surface area contributed by atoms with Crippen molar-refractivity contribution in [2.75, 3.05) is 13.2 Å². The zero-order valence-electron chi connectivity index (χ0n) is 12.1. The fourth-order valence-electron chi connectivity index (χ4n) is 1.97. The molecule has 0 radical (unpaired) electrons. The van der Waals surface area contributed by atoms with Crippen molar-refractivity contribution in [3.8, 4) is 0 Å². The SMILES string of the molecule is CCOC(=O)CC(CCc1ccccc1)C(=S)OCC. The van der Waals surface area contributed by atoms with Crippen LogP contribution < -0.4 is 0 Å². The Morgan fingerprint density at radius 3 is 2.40 bits per heavy atom. The minimum Gasteiger partial charge on any atom is -0.487 e. The molecule has 0 fully saturated rings. The van der Waals surface area contributed by atoms with Crippen molar-refractivity contribution in [3.63, 3.8) is 0 Å². The first kappa shape index (κ1) is 16.6. The highest BCUT2D eigenvalue weighted by molar-refractivity contribution is 7.80. The molecular weight excluding hydrogens is 272 g/mol. The molecule has 1 rings (SSSR count). The summed E-state index contributed by atoms with van der Waals surface area (Å²) >= 11 is 5.26. The Bertz CT molecular complexity index is 417. The number of carbonyl (C=O) groups is 1. The maximum atomic E-state index is 11.6. The number of benzene rings is 1. The predicted octanol–water partition coefficient (Wildman–Crippen LogP) is 3.55. The van der Waals surface area contributed by atoms with Crippen LogP contribution in [0.25, 0.3) is 0 Å². The van der Waals surface area contributed by atoms with Crippen LogP contribution in [0.15, 0.2) is 30.3 Å². The van der Waals surface area contributed by atoms with E-state index in [-0.39, 0.29) is 11.9 Å². The van der Waals surface area contributed by atoms with Crippen molar-refractivity contribution in [1.29, 1.82) is 0 Å². The summed E-state index contributed by atoms with van der Waals surface area (Å²) in [6.07, 6.45) is 1.96. The summed E-state index contributed by atoms with van der Waals surface area (Å²) in [6, 6.07) is 10.2. The Hall–Kier alpha value is -1.42. The van der Waals surface area contributed by atoms with Crippen LogP contribution in [-0.4, -0.2) is 24.2 Å². The smallest absolute Gasteiger partial charge is 0.306 e. The molecule has 0 saturated carbocycles. The first-order chi connectivity index (χ1) is 9.67. The first-order valence-electron chi connectivity index (χ1n) is 7.03. The summed E-state index contributed by atoms with van der Waals surface area (Å²) in [6.45, 7) is 4.62. The second-order valence-electron chi connectivity index (χ2n) is 4.48. The lowest BCUT2D eigenvalue weighted by molar-refractivity contribution is -0.143. The highest BCUT2D eigenvalue weighted by atomic mass is 32.1. The maximum Gasteiger partial charge on any atom is 0.306 e. The van der Waals surface area contributed by atoms with Gasteiger partial charge < -0.3 is 9.47 Å². The molecule has 20 heavy (non-hydrogen) atoms. The molecule has 1 unspecified atom stereocenters. The van der Waals surface area contributed by atoms with Crippen molar-refractivity contribution in [2.24, 2.45) is 5.92 Å². The van der Waals surface area contributed by atoms with Gasteiger partial charge in [0.05, 0.1) is 19.6 Å². The van der Waals surface area contributed by atoms with E-state index in [2.05, 4.69) is 12.1 Å². The average Bonchev–Trinajstić information content (AvgIpc) is 2.45. The van der Waals surface area contributed by atoms with E-state index < -0.39 is 0 Å². The van der Waals surface area contributed by atoms with Gasteiger partial charge in [-0.1, -0.05) is 30.3 Å². The molecule has 0 aromatic heterocycles. The third-order valence-corrected chi connectivity index (χ3v) is 3.41. The Morgan fingerprint density at radius 1 is 1.15 bits per heavy atom. The first-order valence-corrected chi connectivity index (χ1v) is 7.44. The molecule has 0 N–H and O–H groups in total. The normalized spacial score (nSPS) is 11.7. The quantitative estimate of drug-likeness (QED) is 0.542. The van der Waals surface area contributed by atoms with E-state index in [1.807, 2.05) is 25.1 Å². The molecule has 0 aliphatic carbocycles. The maximum absolute atomic E-state index is 11.6. The highest BCUT2D eigenvalue weighted by Crippen LogP contribution is 2.17. The largest absolute Gasteiger partial charge is 0.487 e. The van der Waals surface area contributed by atoms with Crippen molar-refractivity contribution in [2.45, 2.75) is 33.1 Å². The van der Waals surface area contributed by atoms with E-state index in [1.165, 1.54) is 5.56 Å². The van der Waals surface area contributed by atoms with E-state index in [1.54, 1.807) is 6.92 Å². The number of hydrogen-bond acceptors (Lipinski definition) is 4. The van der Waals surface area contributed by atoms with Gasteiger partial charge in [-0.15, -0.1) is 0 Å². The summed E-state index contributed by atoms with van der Waals surface area (Å²) in [4.78, 5) is 11.6. The van der Waals surface area contributed by atoms with Crippen molar-refractivity contribution >= 4 is 23.2 Å². The van der Waals surface area contributed by atoms with E-state index in [9.17, 15) is 4.79 Å². The molecule has 4 heteroatoms. The second-order valence-corrected chi connectivity index (χ2v) is 4.88. The zero-order chi connectivity index (χ0) is 14.8. The molecule has 1 atom stereocenters. The molecule has 0 amide bonds. The van der Waals surface area contributed by atoms with E-state index in [0.717, 1.165) is 12.8 Å². The van der Waals surface area contributed by atoms with Crippen LogP contribution >= 0.6 is 12.2 Å². The van der Waals surface area contributed by atoms with Crippen LogP contribution in [0.2, 0.25) is 0 Å². The molecule has 0 saturated heterocycles. The average molecular weight is 294 g/mol. The monoisotopic (exact) mass is 294 g/mol. The fraction of sp³-hybridized carbons (Fsp3) is 0.500. The van der Waals surface area contributed by atoms with Gasteiger partial charge in [0, 0.05) is 5.92 Å². The van der Waals surface area contributed by atoms with Gasteiger partial charge in [0.25, 0.3) is 0 Å². The van der Waals surface area contributed by atoms with Crippen LogP contribution in [0.5, 0.6) is 0 Å². The topological polar surface area (TPSA) is 35.5 Å². The lowest BCUT2D eigenvalue weighted by Crippen LogP contribution is -2.21. The molecule has 0 aliphatic heterocycles. The predicted molar refractivity (Wildman–Crippen MR) is 83.7 cm³/mol. The standard InChI is InChI=1S/C16H22O3S/c1-3-18-15(17)12-14(16(20)19-4-2)11-10-13-8-6-5-7-9-13/h5-9,14H,3-4,10-12H2,1-2H3. The van der Waals surface area contributed by atoms with Gasteiger partial charge in [-0.3, -0.25) is 4.79 Å². The van der Waals surface area contributed by atoms with E-state index >= 15 is 0 Å². The summed E-state index contributed by atoms with van der Waals surface area (Å²) < 4.78 is 10.4. The molecule has 0 heterocycles. The van der Waals surface area contributed by atoms with Gasteiger partial charge in [0.2, 0.25) is 0 Å². The summed E-state index contributed by atoms with van der Waals surface area (Å²) in [5.74, 6) is -0.281. The van der Waals surface area contributed by atoms with Crippen LogP contribution in [-0.2, 0) is 20.7 Å². The number of thiocarbonyl (C=S) groups is 1. The third-order valence-electron chi connectivity index (χ3n) is 2.96. The summed E-state index contributed by atoms with van der Waals surface area (Å²) in [5, 5.41) is 0.511. The van der Waals surface area contributed by atoms with Crippen molar-refractivity contribution < 1.29 is 14.3 Å². The number of carbonyl (C=O) groups excluding carboxylic acids is 1. The van der Waals surface area contributed by atoms with E-state index in [4.69, 9.17) is 21.7 Å². The van der Waals surface area contributed by atoms with E-state index in [0.29, 0.717) is 24.7 Å².